The Balaban J connectivity index is 1.14. The minimum atomic E-state index is -4.55. The molecule has 200 valence electrons. The molecule has 5 rings (SSSR count). The minimum Gasteiger partial charge on any atom is -0.387 e. The molecule has 2 aromatic heterocycles. The third-order valence-corrected chi connectivity index (χ3v) is 8.19. The SMILES string of the molecule is O=C(CNc1ncccc1C(F)(F)F)N1CCC(c2nc(C3=NOC(c4c(Cl)cccc4Cl)C3)cs2)CC1. The summed E-state index contributed by atoms with van der Waals surface area (Å²) in [5.41, 5.74) is 1.27. The summed E-state index contributed by atoms with van der Waals surface area (Å²) >= 11 is 14.2. The fourth-order valence-electron chi connectivity index (χ4n) is 4.53. The first-order chi connectivity index (χ1) is 18.2. The van der Waals surface area contributed by atoms with E-state index in [9.17, 15) is 18.0 Å². The minimum absolute atomic E-state index is 0.176. The third-order valence-electron chi connectivity index (χ3n) is 6.53. The molecule has 0 bridgehead atoms. The molecular weight excluding hydrogens is 562 g/mol. The summed E-state index contributed by atoms with van der Waals surface area (Å²) in [7, 11) is 0. The van der Waals surface area contributed by atoms with E-state index in [2.05, 4.69) is 15.5 Å². The molecule has 4 heterocycles. The maximum absolute atomic E-state index is 13.2. The molecule has 0 radical (unpaired) electrons. The molecule has 7 nitrogen and oxygen atoms in total. The van der Waals surface area contributed by atoms with E-state index in [0.29, 0.717) is 48.0 Å². The predicted octanol–water partition coefficient (Wildman–Crippen LogP) is 6.55. The van der Waals surface area contributed by atoms with E-state index in [1.54, 1.807) is 23.1 Å². The number of likely N-dealkylation sites (tertiary alicyclic amines) is 1. The van der Waals surface area contributed by atoms with Crippen molar-refractivity contribution in [3.63, 3.8) is 0 Å². The van der Waals surface area contributed by atoms with Gasteiger partial charge in [0.05, 0.1) is 22.8 Å². The van der Waals surface area contributed by atoms with Crippen LogP contribution in [0.4, 0.5) is 19.0 Å². The van der Waals surface area contributed by atoms with Gasteiger partial charge in [-0.05, 0) is 37.1 Å². The number of aromatic nitrogens is 2. The molecule has 1 atom stereocenters. The monoisotopic (exact) mass is 583 g/mol. The van der Waals surface area contributed by atoms with Crippen LogP contribution in [-0.2, 0) is 15.8 Å². The molecule has 3 aromatic rings. The van der Waals surface area contributed by atoms with Crippen molar-refractivity contribution in [3.8, 4) is 0 Å². The van der Waals surface area contributed by atoms with Gasteiger partial charge in [-0.1, -0.05) is 34.4 Å². The van der Waals surface area contributed by atoms with Gasteiger partial charge >= 0.3 is 6.18 Å². The van der Waals surface area contributed by atoms with Crippen LogP contribution in [0.2, 0.25) is 10.0 Å². The van der Waals surface area contributed by atoms with E-state index in [0.717, 1.165) is 22.5 Å². The number of thiazole rings is 1. The summed E-state index contributed by atoms with van der Waals surface area (Å²) in [5.74, 6) is -0.449. The molecule has 1 fully saturated rings. The zero-order valence-corrected chi connectivity index (χ0v) is 22.2. The number of hydrogen-bond acceptors (Lipinski definition) is 7. The Bertz CT molecular complexity index is 1340. The van der Waals surface area contributed by atoms with E-state index in [1.807, 2.05) is 5.38 Å². The number of amides is 1. The molecule has 1 amide bonds. The highest BCUT2D eigenvalue weighted by Gasteiger charge is 2.35. The first-order valence-electron chi connectivity index (χ1n) is 11.9. The molecular formula is C25H22Cl2F3N5O2S. The van der Waals surface area contributed by atoms with Crippen LogP contribution in [0.5, 0.6) is 0 Å². The Hall–Kier alpha value is -2.89. The lowest BCUT2D eigenvalue weighted by atomic mass is 9.97. The molecule has 1 aromatic carbocycles. The maximum Gasteiger partial charge on any atom is 0.419 e. The van der Waals surface area contributed by atoms with Crippen LogP contribution in [0, 0.1) is 0 Å². The molecule has 38 heavy (non-hydrogen) atoms. The summed E-state index contributed by atoms with van der Waals surface area (Å²) in [6.45, 7) is 0.722. The quantitative estimate of drug-likeness (QED) is 0.356. The van der Waals surface area contributed by atoms with E-state index in [1.165, 1.54) is 23.6 Å². The number of carbonyl (C=O) groups is 1. The van der Waals surface area contributed by atoms with Gasteiger partial charge in [-0.3, -0.25) is 4.79 Å². The van der Waals surface area contributed by atoms with E-state index < -0.39 is 11.7 Å². The summed E-state index contributed by atoms with van der Waals surface area (Å²) in [6.07, 6.45) is -1.76. The van der Waals surface area contributed by atoms with Crippen molar-refractivity contribution in [1.29, 1.82) is 0 Å². The van der Waals surface area contributed by atoms with Crippen molar-refractivity contribution >= 4 is 52.0 Å². The molecule has 2 aliphatic heterocycles. The second kappa shape index (κ2) is 11.1. The standard InChI is InChI=1S/C25H22Cl2F3N5O2S/c26-16-4-1-5-17(27)22(16)20-11-18(34-37-20)19-13-38-24(33-19)14-6-9-35(10-7-14)21(36)12-32-23-15(25(28,29)30)3-2-8-31-23/h1-5,8,13-14,20H,6-7,9-12H2,(H,31,32). The molecule has 13 heteroatoms. The van der Waals surface area contributed by atoms with Gasteiger partial charge < -0.3 is 15.1 Å². The van der Waals surface area contributed by atoms with Gasteiger partial charge in [-0.15, -0.1) is 11.3 Å². The van der Waals surface area contributed by atoms with Gasteiger partial charge in [0.1, 0.15) is 11.5 Å². The number of nitrogens with one attached hydrogen (secondary N) is 1. The van der Waals surface area contributed by atoms with E-state index in [-0.39, 0.29) is 30.3 Å². The maximum atomic E-state index is 13.2. The largest absolute Gasteiger partial charge is 0.419 e. The average molecular weight is 584 g/mol. The number of anilines is 1. The number of hydrogen-bond donors (Lipinski definition) is 1. The summed E-state index contributed by atoms with van der Waals surface area (Å²) in [5, 5.41) is 10.7. The third kappa shape index (κ3) is 5.74. The van der Waals surface area contributed by atoms with Crippen molar-refractivity contribution in [2.45, 2.75) is 37.5 Å². The molecule has 1 unspecified atom stereocenters. The number of carbonyl (C=O) groups excluding carboxylic acids is 1. The van der Waals surface area contributed by atoms with Gasteiger partial charge in [-0.25, -0.2) is 9.97 Å². The van der Waals surface area contributed by atoms with Crippen LogP contribution in [0.1, 0.15) is 53.1 Å². The Morgan fingerprint density at radius 3 is 2.61 bits per heavy atom. The summed E-state index contributed by atoms with van der Waals surface area (Å²) in [4.78, 5) is 28.4. The van der Waals surface area contributed by atoms with Crippen LogP contribution >= 0.6 is 34.5 Å². The normalized spacial score (nSPS) is 18.3. The van der Waals surface area contributed by atoms with Crippen molar-refractivity contribution in [3.05, 3.63) is 73.8 Å². The number of pyridine rings is 1. The first kappa shape index (κ1) is 26.7. The van der Waals surface area contributed by atoms with Crippen LogP contribution < -0.4 is 5.32 Å². The van der Waals surface area contributed by atoms with Gasteiger partial charge in [0.2, 0.25) is 5.91 Å². The Morgan fingerprint density at radius 2 is 1.89 bits per heavy atom. The number of benzene rings is 1. The van der Waals surface area contributed by atoms with Crippen molar-refractivity contribution < 1.29 is 22.8 Å². The van der Waals surface area contributed by atoms with Crippen LogP contribution in [0.15, 0.2) is 47.1 Å². The van der Waals surface area contributed by atoms with Crippen LogP contribution in [0.25, 0.3) is 0 Å². The highest BCUT2D eigenvalue weighted by Crippen LogP contribution is 2.39. The van der Waals surface area contributed by atoms with Crippen molar-refractivity contribution in [2.24, 2.45) is 5.16 Å². The average Bonchev–Trinajstić information content (AvgIpc) is 3.57. The highest BCUT2D eigenvalue weighted by atomic mass is 35.5. The van der Waals surface area contributed by atoms with E-state index >= 15 is 0 Å². The summed E-state index contributed by atoms with van der Waals surface area (Å²) < 4.78 is 39.5. The van der Waals surface area contributed by atoms with Crippen LogP contribution in [-0.4, -0.2) is 46.1 Å². The number of rotatable bonds is 6. The second-order valence-electron chi connectivity index (χ2n) is 8.95. The topological polar surface area (TPSA) is 79.7 Å². The van der Waals surface area contributed by atoms with E-state index in [4.69, 9.17) is 33.0 Å². The molecule has 0 saturated carbocycles. The Labute approximate surface area is 230 Å². The first-order valence-corrected chi connectivity index (χ1v) is 13.5. The highest BCUT2D eigenvalue weighted by molar-refractivity contribution is 7.10. The van der Waals surface area contributed by atoms with Crippen LogP contribution in [0.3, 0.4) is 0 Å². The van der Waals surface area contributed by atoms with Crippen molar-refractivity contribution in [2.75, 3.05) is 25.0 Å². The fourth-order valence-corrected chi connectivity index (χ4v) is 6.17. The number of alkyl halides is 3. The number of nitrogens with zero attached hydrogens (tertiary/aromatic N) is 4. The fraction of sp³-hybridized carbons (Fsp3) is 0.360. The Kier molecular flexibility index (Phi) is 7.78. The lowest BCUT2D eigenvalue weighted by molar-refractivity contribution is -0.137. The second-order valence-corrected chi connectivity index (χ2v) is 10.7. The van der Waals surface area contributed by atoms with Crippen molar-refractivity contribution in [1.82, 2.24) is 14.9 Å². The number of halogens is 5. The lowest BCUT2D eigenvalue weighted by Gasteiger charge is -2.31. The molecule has 1 N–H and O–H groups in total. The number of oxime groups is 1. The molecule has 0 spiro atoms. The summed E-state index contributed by atoms with van der Waals surface area (Å²) in [6, 6.07) is 7.44. The zero-order valence-electron chi connectivity index (χ0n) is 19.8. The molecule has 2 aliphatic rings. The van der Waals surface area contributed by atoms with Gasteiger partial charge in [-0.2, -0.15) is 13.2 Å². The van der Waals surface area contributed by atoms with Gasteiger partial charge in [0.15, 0.2) is 6.10 Å². The molecule has 1 saturated heterocycles. The van der Waals surface area contributed by atoms with Gasteiger partial charge in [0, 0.05) is 52.6 Å². The predicted molar refractivity (Wildman–Crippen MR) is 140 cm³/mol. The number of piperidine rings is 1. The Morgan fingerprint density at radius 1 is 1.16 bits per heavy atom. The molecule has 0 aliphatic carbocycles. The zero-order chi connectivity index (χ0) is 26.9. The lowest BCUT2D eigenvalue weighted by Crippen LogP contribution is -2.41. The van der Waals surface area contributed by atoms with Gasteiger partial charge in [0.25, 0.3) is 0 Å². The smallest absolute Gasteiger partial charge is 0.387 e.